The van der Waals surface area contributed by atoms with Gasteiger partial charge < -0.3 is 25.0 Å². The molecule has 22 heavy (non-hydrogen) atoms. The first-order chi connectivity index (χ1) is 10.5. The molecule has 2 aliphatic rings. The number of aliphatic carboxylic acids is 1. The van der Waals surface area contributed by atoms with Crippen LogP contribution in [0.3, 0.4) is 0 Å². The van der Waals surface area contributed by atoms with Gasteiger partial charge in [0.2, 0.25) is 0 Å². The Morgan fingerprint density at radius 3 is 2.23 bits per heavy atom. The molecule has 7 nitrogen and oxygen atoms in total. The molecule has 3 N–H and O–H groups in total. The Balaban J connectivity index is 0.000000322. The molecule has 0 aromatic carbocycles. The number of aliphatic hydroxyl groups excluding tert-OH is 1. The maximum Gasteiger partial charge on any atom is 0.327 e. The summed E-state index contributed by atoms with van der Waals surface area (Å²) in [5.41, 5.74) is 0. The molecule has 2 atom stereocenters. The average molecular weight is 315 g/mol. The minimum Gasteiger partial charge on any atom is -0.478 e. The summed E-state index contributed by atoms with van der Waals surface area (Å²) in [6.45, 7) is 9.44. The Labute approximate surface area is 130 Å². The van der Waals surface area contributed by atoms with E-state index in [0.29, 0.717) is 13.2 Å². The summed E-state index contributed by atoms with van der Waals surface area (Å²) in [4.78, 5) is 20.1. The lowest BCUT2D eigenvalue weighted by molar-refractivity contribution is -0.131. The largest absolute Gasteiger partial charge is 0.478 e. The van der Waals surface area contributed by atoms with Crippen molar-refractivity contribution in [2.24, 2.45) is 0 Å². The molecule has 2 rings (SSSR count). The topological polar surface area (TPSA) is 105 Å². The van der Waals surface area contributed by atoms with Crippen molar-refractivity contribution < 1.29 is 29.3 Å². The number of rotatable bonds is 4. The van der Waals surface area contributed by atoms with Crippen molar-refractivity contribution in [2.75, 3.05) is 32.9 Å². The number of carbonyl (C=O) groups is 2. The number of carboxylic acid groups (broad SMARTS) is 1. The minimum atomic E-state index is -0.981. The number of carboxylic acids is 1. The molecule has 0 spiro atoms. The number of ether oxygens (including phenoxy) is 2. The highest BCUT2D eigenvalue weighted by Gasteiger charge is 2.18. The van der Waals surface area contributed by atoms with Crippen molar-refractivity contribution in [3.63, 3.8) is 0 Å². The van der Waals surface area contributed by atoms with Crippen molar-refractivity contribution in [2.45, 2.75) is 25.0 Å². The average Bonchev–Trinajstić information content (AvgIpc) is 3.09. The summed E-state index contributed by atoms with van der Waals surface area (Å²) >= 11 is 0. The fraction of sp³-hybridized carbons (Fsp3) is 0.600. The van der Waals surface area contributed by atoms with Gasteiger partial charge in [-0.05, 0) is 18.9 Å². The van der Waals surface area contributed by atoms with Crippen LogP contribution in [0.2, 0.25) is 0 Å². The van der Waals surface area contributed by atoms with E-state index in [2.05, 4.69) is 18.5 Å². The first kappa shape index (κ1) is 20.5. The standard InChI is InChI=1S/C7H11NO2.C5H10O2.C3H4O2/c1-2-6(9)7-5-8-3-4-10-7;6-4-5-2-1-3-7-5;1-2-3(4)5/h2,7-8H,1,3-5H2;5-6H,1-4H2;2H,1H2,(H,4,5). The van der Waals surface area contributed by atoms with Crippen molar-refractivity contribution >= 4 is 11.8 Å². The summed E-state index contributed by atoms with van der Waals surface area (Å²) in [5, 5.41) is 19.1. The van der Waals surface area contributed by atoms with E-state index in [0.717, 1.165) is 32.1 Å². The Hall–Kier alpha value is -1.54. The van der Waals surface area contributed by atoms with E-state index in [-0.39, 0.29) is 24.6 Å². The van der Waals surface area contributed by atoms with Gasteiger partial charge in [-0.1, -0.05) is 13.2 Å². The van der Waals surface area contributed by atoms with E-state index in [1.54, 1.807) is 0 Å². The smallest absolute Gasteiger partial charge is 0.327 e. The van der Waals surface area contributed by atoms with Crippen LogP contribution < -0.4 is 5.32 Å². The quantitative estimate of drug-likeness (QED) is 0.634. The zero-order chi connectivity index (χ0) is 16.8. The van der Waals surface area contributed by atoms with E-state index in [1.165, 1.54) is 6.08 Å². The third-order valence-corrected chi connectivity index (χ3v) is 2.85. The number of nitrogens with one attached hydrogen (secondary N) is 1. The van der Waals surface area contributed by atoms with Crippen LogP contribution in [0, 0.1) is 0 Å². The van der Waals surface area contributed by atoms with E-state index in [4.69, 9.17) is 19.7 Å². The molecule has 0 saturated carbocycles. The highest BCUT2D eigenvalue weighted by atomic mass is 16.5. The van der Waals surface area contributed by atoms with E-state index >= 15 is 0 Å². The lowest BCUT2D eigenvalue weighted by Gasteiger charge is -2.20. The van der Waals surface area contributed by atoms with Crippen LogP contribution in [0.1, 0.15) is 12.8 Å². The summed E-state index contributed by atoms with van der Waals surface area (Å²) in [7, 11) is 0. The zero-order valence-corrected chi connectivity index (χ0v) is 12.7. The lowest BCUT2D eigenvalue weighted by atomic mass is 10.2. The van der Waals surface area contributed by atoms with Crippen LogP contribution in [0.15, 0.2) is 25.3 Å². The van der Waals surface area contributed by atoms with Gasteiger partial charge in [-0.15, -0.1) is 0 Å². The molecule has 0 aliphatic carbocycles. The SMILES string of the molecule is C=CC(=O)C1CNCCO1.C=CC(=O)O.OCC1CCCO1. The molecule has 2 saturated heterocycles. The minimum absolute atomic E-state index is 0.0350. The van der Waals surface area contributed by atoms with Crippen molar-refractivity contribution in [3.8, 4) is 0 Å². The summed E-state index contributed by atoms with van der Waals surface area (Å²) in [5.74, 6) is -1.02. The molecular weight excluding hydrogens is 290 g/mol. The molecule has 0 radical (unpaired) electrons. The van der Waals surface area contributed by atoms with Crippen molar-refractivity contribution in [1.29, 1.82) is 0 Å². The molecule has 126 valence electrons. The maximum atomic E-state index is 10.9. The molecule has 0 aromatic heterocycles. The number of hydrogen-bond acceptors (Lipinski definition) is 6. The zero-order valence-electron chi connectivity index (χ0n) is 12.7. The summed E-state index contributed by atoms with van der Waals surface area (Å²) in [6.07, 6.45) is 4.14. The van der Waals surface area contributed by atoms with Crippen molar-refractivity contribution in [1.82, 2.24) is 5.32 Å². The van der Waals surface area contributed by atoms with Crippen LogP contribution in [-0.4, -0.2) is 67.1 Å². The second-order valence-electron chi connectivity index (χ2n) is 4.53. The monoisotopic (exact) mass is 315 g/mol. The predicted octanol–water partition coefficient (Wildman–Crippen LogP) is 0.145. The maximum absolute atomic E-state index is 10.9. The fourth-order valence-corrected chi connectivity index (χ4v) is 1.67. The number of aliphatic hydroxyl groups is 1. The molecule has 2 aliphatic heterocycles. The second-order valence-corrected chi connectivity index (χ2v) is 4.53. The van der Waals surface area contributed by atoms with Crippen LogP contribution in [0.5, 0.6) is 0 Å². The van der Waals surface area contributed by atoms with Gasteiger partial charge in [-0.2, -0.15) is 0 Å². The third-order valence-electron chi connectivity index (χ3n) is 2.85. The van der Waals surface area contributed by atoms with Gasteiger partial charge in [0.15, 0.2) is 5.78 Å². The Bertz CT molecular complexity index is 346. The molecule has 2 fully saturated rings. The van der Waals surface area contributed by atoms with Gasteiger partial charge >= 0.3 is 5.97 Å². The lowest BCUT2D eigenvalue weighted by Crippen LogP contribution is -2.42. The van der Waals surface area contributed by atoms with Gasteiger partial charge in [-0.25, -0.2) is 4.79 Å². The molecule has 0 aromatic rings. The molecular formula is C15H25NO6. The van der Waals surface area contributed by atoms with Gasteiger partial charge in [0.05, 0.1) is 19.3 Å². The Kier molecular flexibility index (Phi) is 12.2. The van der Waals surface area contributed by atoms with E-state index in [9.17, 15) is 9.59 Å². The molecule has 0 bridgehead atoms. The van der Waals surface area contributed by atoms with Crippen LogP contribution in [0.4, 0.5) is 0 Å². The Morgan fingerprint density at radius 1 is 1.23 bits per heavy atom. The molecule has 2 heterocycles. The van der Waals surface area contributed by atoms with E-state index in [1.807, 2.05) is 0 Å². The number of morpholine rings is 1. The van der Waals surface area contributed by atoms with E-state index < -0.39 is 5.97 Å². The first-order valence-electron chi connectivity index (χ1n) is 7.11. The Morgan fingerprint density at radius 2 is 1.91 bits per heavy atom. The van der Waals surface area contributed by atoms with Gasteiger partial charge in [0.1, 0.15) is 6.10 Å². The van der Waals surface area contributed by atoms with Crippen molar-refractivity contribution in [3.05, 3.63) is 25.3 Å². The number of hydrogen-bond donors (Lipinski definition) is 3. The van der Waals surface area contributed by atoms with Gasteiger partial charge in [0, 0.05) is 25.8 Å². The number of ketones is 1. The summed E-state index contributed by atoms with van der Waals surface area (Å²) < 4.78 is 10.2. The van der Waals surface area contributed by atoms with Crippen LogP contribution in [0.25, 0.3) is 0 Å². The summed E-state index contributed by atoms with van der Waals surface area (Å²) in [6, 6.07) is 0. The molecule has 2 unspecified atom stereocenters. The van der Waals surface area contributed by atoms with Crippen LogP contribution >= 0.6 is 0 Å². The predicted molar refractivity (Wildman–Crippen MR) is 81.7 cm³/mol. The normalized spacial score (nSPS) is 23.1. The second kappa shape index (κ2) is 13.1. The number of carbonyl (C=O) groups excluding carboxylic acids is 1. The molecule has 0 amide bonds. The van der Waals surface area contributed by atoms with Crippen LogP contribution in [-0.2, 0) is 19.1 Å². The highest BCUT2D eigenvalue weighted by Crippen LogP contribution is 2.09. The van der Waals surface area contributed by atoms with Gasteiger partial charge in [0.25, 0.3) is 0 Å². The molecule has 7 heteroatoms. The highest BCUT2D eigenvalue weighted by molar-refractivity contribution is 5.93. The van der Waals surface area contributed by atoms with Gasteiger partial charge in [-0.3, -0.25) is 4.79 Å². The first-order valence-corrected chi connectivity index (χ1v) is 7.11. The third kappa shape index (κ3) is 10.2. The fourth-order valence-electron chi connectivity index (χ4n) is 1.67.